The SMILES string of the molecule is NCC1CCCCC1.O=C(O)/C=C\C(=O)O. The molecule has 1 aliphatic carbocycles. The van der Waals surface area contributed by atoms with Gasteiger partial charge in [0.25, 0.3) is 0 Å². The molecule has 0 aliphatic heterocycles. The molecule has 0 atom stereocenters. The van der Waals surface area contributed by atoms with E-state index >= 15 is 0 Å². The van der Waals surface area contributed by atoms with Gasteiger partial charge in [-0.05, 0) is 25.3 Å². The van der Waals surface area contributed by atoms with Crippen LogP contribution in [0, 0.1) is 5.92 Å². The molecule has 1 aliphatic rings. The highest BCUT2D eigenvalue weighted by molar-refractivity contribution is 5.89. The van der Waals surface area contributed by atoms with Gasteiger partial charge in [0.1, 0.15) is 0 Å². The van der Waals surface area contributed by atoms with Crippen LogP contribution in [0.5, 0.6) is 0 Å². The fourth-order valence-electron chi connectivity index (χ4n) is 1.57. The topological polar surface area (TPSA) is 101 Å². The largest absolute Gasteiger partial charge is 0.478 e. The normalized spacial score (nSPS) is 16.6. The van der Waals surface area contributed by atoms with Gasteiger partial charge < -0.3 is 15.9 Å². The van der Waals surface area contributed by atoms with Crippen LogP contribution < -0.4 is 5.73 Å². The van der Waals surface area contributed by atoms with Crippen LogP contribution in [-0.4, -0.2) is 28.7 Å². The van der Waals surface area contributed by atoms with Crippen LogP contribution in [0.25, 0.3) is 0 Å². The van der Waals surface area contributed by atoms with Crippen LogP contribution in [0.15, 0.2) is 12.2 Å². The number of carboxylic acids is 2. The van der Waals surface area contributed by atoms with Gasteiger partial charge in [-0.25, -0.2) is 9.59 Å². The Labute approximate surface area is 95.0 Å². The van der Waals surface area contributed by atoms with E-state index in [0.717, 1.165) is 12.5 Å². The highest BCUT2D eigenvalue weighted by Gasteiger charge is 2.09. The van der Waals surface area contributed by atoms with Crippen molar-refractivity contribution in [2.45, 2.75) is 32.1 Å². The van der Waals surface area contributed by atoms with Crippen molar-refractivity contribution in [1.29, 1.82) is 0 Å². The molecule has 0 aromatic carbocycles. The number of carbonyl (C=O) groups is 2. The van der Waals surface area contributed by atoms with Crippen molar-refractivity contribution in [3.8, 4) is 0 Å². The third kappa shape index (κ3) is 9.21. The van der Waals surface area contributed by atoms with Crippen molar-refractivity contribution in [1.82, 2.24) is 0 Å². The van der Waals surface area contributed by atoms with E-state index in [4.69, 9.17) is 15.9 Å². The first-order valence-electron chi connectivity index (χ1n) is 5.40. The molecule has 1 saturated carbocycles. The quantitative estimate of drug-likeness (QED) is 0.632. The molecule has 92 valence electrons. The molecule has 5 nitrogen and oxygen atoms in total. The summed E-state index contributed by atoms with van der Waals surface area (Å²) < 4.78 is 0. The third-order valence-corrected chi connectivity index (χ3v) is 2.43. The van der Waals surface area contributed by atoms with Gasteiger partial charge in [-0.15, -0.1) is 0 Å². The predicted molar refractivity (Wildman–Crippen MR) is 60.0 cm³/mol. The lowest BCUT2D eigenvalue weighted by Gasteiger charge is -2.18. The van der Waals surface area contributed by atoms with E-state index in [1.54, 1.807) is 0 Å². The Hall–Kier alpha value is -1.36. The maximum atomic E-state index is 9.55. The van der Waals surface area contributed by atoms with Gasteiger partial charge in [-0.3, -0.25) is 0 Å². The van der Waals surface area contributed by atoms with Gasteiger partial charge in [-0.1, -0.05) is 19.3 Å². The molecule has 0 heterocycles. The van der Waals surface area contributed by atoms with Crippen LogP contribution in [0.4, 0.5) is 0 Å². The van der Waals surface area contributed by atoms with E-state index in [9.17, 15) is 9.59 Å². The van der Waals surface area contributed by atoms with Crippen molar-refractivity contribution >= 4 is 11.9 Å². The first-order valence-corrected chi connectivity index (χ1v) is 5.40. The first kappa shape index (κ1) is 14.6. The second kappa shape index (κ2) is 8.91. The minimum Gasteiger partial charge on any atom is -0.478 e. The molecule has 5 heteroatoms. The third-order valence-electron chi connectivity index (χ3n) is 2.43. The van der Waals surface area contributed by atoms with Crippen LogP contribution in [0.1, 0.15) is 32.1 Å². The Kier molecular flexibility index (Phi) is 8.15. The van der Waals surface area contributed by atoms with E-state index in [1.807, 2.05) is 0 Å². The average molecular weight is 229 g/mol. The fraction of sp³-hybridized carbons (Fsp3) is 0.636. The number of nitrogens with two attached hydrogens (primary N) is 1. The number of carboxylic acid groups (broad SMARTS) is 2. The van der Waals surface area contributed by atoms with E-state index < -0.39 is 11.9 Å². The van der Waals surface area contributed by atoms with Gasteiger partial charge in [0.2, 0.25) is 0 Å². The highest BCUT2D eigenvalue weighted by atomic mass is 16.4. The van der Waals surface area contributed by atoms with Crippen LogP contribution in [0.2, 0.25) is 0 Å². The summed E-state index contributed by atoms with van der Waals surface area (Å²) in [6.45, 7) is 0.917. The maximum Gasteiger partial charge on any atom is 0.328 e. The molecule has 0 bridgehead atoms. The zero-order valence-electron chi connectivity index (χ0n) is 9.26. The van der Waals surface area contributed by atoms with E-state index in [0.29, 0.717) is 12.2 Å². The molecule has 0 amide bonds. The minimum absolute atomic E-state index is 0.558. The zero-order chi connectivity index (χ0) is 12.4. The van der Waals surface area contributed by atoms with Gasteiger partial charge in [0.05, 0.1) is 0 Å². The molecule has 1 fully saturated rings. The lowest BCUT2D eigenvalue weighted by molar-refractivity contribution is -0.134. The van der Waals surface area contributed by atoms with Crippen molar-refractivity contribution in [3.05, 3.63) is 12.2 Å². The molecule has 0 unspecified atom stereocenters. The molecule has 16 heavy (non-hydrogen) atoms. The van der Waals surface area contributed by atoms with Crippen molar-refractivity contribution in [2.24, 2.45) is 11.7 Å². The summed E-state index contributed by atoms with van der Waals surface area (Å²) in [5, 5.41) is 15.6. The van der Waals surface area contributed by atoms with Gasteiger partial charge in [0.15, 0.2) is 0 Å². The second-order valence-corrected chi connectivity index (χ2v) is 3.75. The molecule has 0 spiro atoms. The molecule has 0 aromatic rings. The van der Waals surface area contributed by atoms with Crippen molar-refractivity contribution in [2.75, 3.05) is 6.54 Å². The standard InChI is InChI=1S/C7H15N.C4H4O4/c8-6-7-4-2-1-3-5-7;5-3(6)1-2-4(7)8/h7H,1-6,8H2;1-2H,(H,5,6)(H,7,8)/b;2-1-. The van der Waals surface area contributed by atoms with E-state index in [2.05, 4.69) is 0 Å². The molecular formula is C11H19NO4. The van der Waals surface area contributed by atoms with Gasteiger partial charge in [0, 0.05) is 12.2 Å². The molecule has 0 aromatic heterocycles. The maximum absolute atomic E-state index is 9.55. The molecule has 0 radical (unpaired) electrons. The number of hydrogen-bond donors (Lipinski definition) is 3. The van der Waals surface area contributed by atoms with Crippen molar-refractivity contribution in [3.63, 3.8) is 0 Å². The summed E-state index contributed by atoms with van der Waals surface area (Å²) in [6, 6.07) is 0. The summed E-state index contributed by atoms with van der Waals surface area (Å²) in [5.41, 5.74) is 5.50. The second-order valence-electron chi connectivity index (χ2n) is 3.75. The molecule has 0 saturated heterocycles. The zero-order valence-corrected chi connectivity index (χ0v) is 9.26. The average Bonchev–Trinajstić information content (AvgIpc) is 2.28. The minimum atomic E-state index is -1.26. The molecule has 1 rings (SSSR count). The lowest BCUT2D eigenvalue weighted by atomic mass is 9.90. The Morgan fingerprint density at radius 3 is 1.75 bits per heavy atom. The smallest absolute Gasteiger partial charge is 0.328 e. The van der Waals surface area contributed by atoms with Crippen LogP contribution >= 0.6 is 0 Å². The van der Waals surface area contributed by atoms with E-state index in [-0.39, 0.29) is 0 Å². The van der Waals surface area contributed by atoms with Crippen LogP contribution in [-0.2, 0) is 9.59 Å². The Morgan fingerprint density at radius 2 is 1.50 bits per heavy atom. The molecular weight excluding hydrogens is 210 g/mol. The number of rotatable bonds is 3. The molecule has 4 N–H and O–H groups in total. The predicted octanol–water partition coefficient (Wildman–Crippen LogP) is 1.24. The Morgan fingerprint density at radius 1 is 1.06 bits per heavy atom. The van der Waals surface area contributed by atoms with Crippen LogP contribution in [0.3, 0.4) is 0 Å². The lowest BCUT2D eigenvalue weighted by Crippen LogP contribution is -2.16. The van der Waals surface area contributed by atoms with Gasteiger partial charge in [-0.2, -0.15) is 0 Å². The summed E-state index contributed by atoms with van der Waals surface area (Å²) in [6.07, 6.45) is 8.16. The fourth-order valence-corrected chi connectivity index (χ4v) is 1.57. The van der Waals surface area contributed by atoms with Gasteiger partial charge >= 0.3 is 11.9 Å². The number of aliphatic carboxylic acids is 2. The summed E-state index contributed by atoms with van der Waals surface area (Å²) in [7, 11) is 0. The summed E-state index contributed by atoms with van der Waals surface area (Å²) in [4.78, 5) is 19.1. The van der Waals surface area contributed by atoms with E-state index in [1.165, 1.54) is 32.1 Å². The number of hydrogen-bond acceptors (Lipinski definition) is 3. The Balaban J connectivity index is 0.000000281. The Bertz CT molecular complexity index is 228. The highest BCUT2D eigenvalue weighted by Crippen LogP contribution is 2.21. The first-order chi connectivity index (χ1) is 7.56. The summed E-state index contributed by atoms with van der Waals surface area (Å²) in [5.74, 6) is -1.65. The van der Waals surface area contributed by atoms with Crippen molar-refractivity contribution < 1.29 is 19.8 Å². The summed E-state index contributed by atoms with van der Waals surface area (Å²) >= 11 is 0. The monoisotopic (exact) mass is 229 g/mol.